The summed E-state index contributed by atoms with van der Waals surface area (Å²) in [6.07, 6.45) is 1.95. The fourth-order valence-corrected chi connectivity index (χ4v) is 2.44. The van der Waals surface area contributed by atoms with E-state index in [1.54, 1.807) is 6.07 Å². The average molecular weight is 291 g/mol. The molecule has 0 aliphatic heterocycles. The number of rotatable bonds is 3. The molecule has 2 N–H and O–H groups in total. The fraction of sp³-hybridized carbons (Fsp3) is 0.111. The summed E-state index contributed by atoms with van der Waals surface area (Å²) < 4.78 is 1.87. The van der Waals surface area contributed by atoms with Crippen molar-refractivity contribution in [1.29, 1.82) is 0 Å². The van der Waals surface area contributed by atoms with Crippen LogP contribution in [0.15, 0.2) is 54.7 Å². The third kappa shape index (κ3) is 2.63. The monoisotopic (exact) mass is 291 g/mol. The Labute approximate surface area is 129 Å². The molecular formula is C18H17N3O. The van der Waals surface area contributed by atoms with E-state index < -0.39 is 5.91 Å². The number of aromatic nitrogens is 2. The summed E-state index contributed by atoms with van der Waals surface area (Å²) in [6, 6.07) is 15.5. The first kappa shape index (κ1) is 14.1. The summed E-state index contributed by atoms with van der Waals surface area (Å²) in [6.45, 7) is 4.02. The number of hydrogen-bond acceptors (Lipinski definition) is 2. The number of carbonyl (C=O) groups excluding carboxylic acids is 1. The zero-order valence-corrected chi connectivity index (χ0v) is 12.6. The Bertz CT molecular complexity index is 849. The van der Waals surface area contributed by atoms with Crippen molar-refractivity contribution in [3.05, 3.63) is 71.5 Å². The van der Waals surface area contributed by atoms with Crippen LogP contribution in [-0.2, 0) is 0 Å². The van der Waals surface area contributed by atoms with Gasteiger partial charge in [0.05, 0.1) is 11.4 Å². The Morgan fingerprint density at radius 1 is 1.05 bits per heavy atom. The molecule has 0 aliphatic rings. The van der Waals surface area contributed by atoms with E-state index in [-0.39, 0.29) is 0 Å². The molecule has 1 amide bonds. The van der Waals surface area contributed by atoms with Crippen molar-refractivity contribution in [2.45, 2.75) is 13.8 Å². The zero-order chi connectivity index (χ0) is 15.7. The lowest BCUT2D eigenvalue weighted by Gasteiger charge is -2.10. The van der Waals surface area contributed by atoms with Gasteiger partial charge in [0.25, 0.3) is 0 Å². The van der Waals surface area contributed by atoms with E-state index in [1.807, 2.05) is 48.1 Å². The van der Waals surface area contributed by atoms with Crippen LogP contribution in [0, 0.1) is 13.8 Å². The number of benzene rings is 2. The smallest absolute Gasteiger partial charge is 0.248 e. The molecule has 0 bridgehead atoms. The van der Waals surface area contributed by atoms with Crippen LogP contribution in [0.3, 0.4) is 0 Å². The van der Waals surface area contributed by atoms with Crippen molar-refractivity contribution in [1.82, 2.24) is 9.78 Å². The number of amides is 1. The maximum atomic E-state index is 11.3. The van der Waals surface area contributed by atoms with Crippen LogP contribution < -0.4 is 5.73 Å². The maximum Gasteiger partial charge on any atom is 0.248 e. The lowest BCUT2D eigenvalue weighted by Crippen LogP contribution is -2.10. The molecular weight excluding hydrogens is 274 g/mol. The molecule has 2 aromatic carbocycles. The quantitative estimate of drug-likeness (QED) is 0.805. The van der Waals surface area contributed by atoms with Crippen molar-refractivity contribution in [2.75, 3.05) is 0 Å². The van der Waals surface area contributed by atoms with Gasteiger partial charge in [0, 0.05) is 11.8 Å². The standard InChI is InChI=1S/C18H17N3O/c1-12-6-7-15(11-17(12)21-9-8-13(2)20-21)14-4-3-5-16(10-14)18(19)22/h3-11H,1-2H3,(H2,19,22). The summed E-state index contributed by atoms with van der Waals surface area (Å²) >= 11 is 0. The van der Waals surface area contributed by atoms with Crippen LogP contribution >= 0.6 is 0 Å². The van der Waals surface area contributed by atoms with Gasteiger partial charge in [0.15, 0.2) is 0 Å². The highest BCUT2D eigenvalue weighted by molar-refractivity contribution is 5.94. The SMILES string of the molecule is Cc1ccn(-c2cc(-c3cccc(C(N)=O)c3)ccc2C)n1. The minimum atomic E-state index is -0.420. The second-order valence-corrected chi connectivity index (χ2v) is 5.35. The van der Waals surface area contributed by atoms with E-state index in [0.29, 0.717) is 5.56 Å². The first-order chi connectivity index (χ1) is 10.5. The van der Waals surface area contributed by atoms with E-state index in [2.05, 4.69) is 24.2 Å². The largest absolute Gasteiger partial charge is 0.366 e. The average Bonchev–Trinajstić information content (AvgIpc) is 2.94. The lowest BCUT2D eigenvalue weighted by molar-refractivity contribution is 0.100. The molecule has 0 saturated heterocycles. The van der Waals surface area contributed by atoms with Gasteiger partial charge in [-0.1, -0.05) is 24.3 Å². The van der Waals surface area contributed by atoms with Crippen molar-refractivity contribution in [3.63, 3.8) is 0 Å². The zero-order valence-electron chi connectivity index (χ0n) is 12.6. The number of aryl methyl sites for hydroxylation is 2. The molecule has 1 heterocycles. The maximum absolute atomic E-state index is 11.3. The first-order valence-electron chi connectivity index (χ1n) is 7.08. The van der Waals surface area contributed by atoms with Crippen LogP contribution in [0.1, 0.15) is 21.6 Å². The van der Waals surface area contributed by atoms with Crippen LogP contribution in [0.4, 0.5) is 0 Å². The Balaban J connectivity index is 2.09. The van der Waals surface area contributed by atoms with Gasteiger partial charge in [0.1, 0.15) is 0 Å². The van der Waals surface area contributed by atoms with Crippen LogP contribution in [0.2, 0.25) is 0 Å². The molecule has 3 rings (SSSR count). The van der Waals surface area contributed by atoms with Gasteiger partial charge in [-0.25, -0.2) is 4.68 Å². The van der Waals surface area contributed by atoms with Crippen LogP contribution in [0.5, 0.6) is 0 Å². The lowest BCUT2D eigenvalue weighted by atomic mass is 10.0. The van der Waals surface area contributed by atoms with E-state index >= 15 is 0 Å². The van der Waals surface area contributed by atoms with Crippen molar-refractivity contribution < 1.29 is 4.79 Å². The topological polar surface area (TPSA) is 60.9 Å². The third-order valence-corrected chi connectivity index (χ3v) is 3.66. The normalized spacial score (nSPS) is 10.6. The highest BCUT2D eigenvalue weighted by Crippen LogP contribution is 2.25. The van der Waals surface area contributed by atoms with Gasteiger partial charge < -0.3 is 5.73 Å². The fourth-order valence-electron chi connectivity index (χ4n) is 2.44. The molecule has 110 valence electrons. The Hall–Kier alpha value is -2.88. The highest BCUT2D eigenvalue weighted by atomic mass is 16.1. The Morgan fingerprint density at radius 3 is 2.50 bits per heavy atom. The van der Waals surface area contributed by atoms with E-state index in [9.17, 15) is 4.79 Å². The van der Waals surface area contributed by atoms with Crippen LogP contribution in [0.25, 0.3) is 16.8 Å². The van der Waals surface area contributed by atoms with E-state index in [4.69, 9.17) is 5.73 Å². The molecule has 0 fully saturated rings. The van der Waals surface area contributed by atoms with Gasteiger partial charge in [-0.15, -0.1) is 0 Å². The molecule has 0 aliphatic carbocycles. The molecule has 0 radical (unpaired) electrons. The molecule has 22 heavy (non-hydrogen) atoms. The predicted molar refractivity (Wildman–Crippen MR) is 87.0 cm³/mol. The first-order valence-corrected chi connectivity index (χ1v) is 7.08. The summed E-state index contributed by atoms with van der Waals surface area (Å²) in [7, 11) is 0. The number of hydrogen-bond donors (Lipinski definition) is 1. The number of nitrogens with zero attached hydrogens (tertiary/aromatic N) is 2. The second-order valence-electron chi connectivity index (χ2n) is 5.35. The molecule has 0 spiro atoms. The molecule has 4 nitrogen and oxygen atoms in total. The number of primary amides is 1. The van der Waals surface area contributed by atoms with Crippen molar-refractivity contribution in [3.8, 4) is 16.8 Å². The van der Waals surface area contributed by atoms with Crippen molar-refractivity contribution in [2.24, 2.45) is 5.73 Å². The Morgan fingerprint density at radius 2 is 1.82 bits per heavy atom. The van der Waals surface area contributed by atoms with E-state index in [0.717, 1.165) is 28.1 Å². The minimum Gasteiger partial charge on any atom is -0.366 e. The van der Waals surface area contributed by atoms with Gasteiger partial charge in [-0.2, -0.15) is 5.10 Å². The predicted octanol–water partition coefficient (Wildman–Crippen LogP) is 3.26. The summed E-state index contributed by atoms with van der Waals surface area (Å²) in [5.74, 6) is -0.420. The number of carbonyl (C=O) groups is 1. The van der Waals surface area contributed by atoms with Gasteiger partial charge in [0.2, 0.25) is 5.91 Å². The number of nitrogens with two attached hydrogens (primary N) is 1. The highest BCUT2D eigenvalue weighted by Gasteiger charge is 2.07. The summed E-state index contributed by atoms with van der Waals surface area (Å²) in [5.41, 5.74) is 11.0. The van der Waals surface area contributed by atoms with Gasteiger partial charge in [-0.3, -0.25) is 4.79 Å². The summed E-state index contributed by atoms with van der Waals surface area (Å²) in [5, 5.41) is 4.46. The molecule has 1 aromatic heterocycles. The Kier molecular flexibility index (Phi) is 3.51. The third-order valence-electron chi connectivity index (χ3n) is 3.66. The summed E-state index contributed by atoms with van der Waals surface area (Å²) in [4.78, 5) is 11.3. The molecule has 0 saturated carbocycles. The van der Waals surface area contributed by atoms with E-state index in [1.165, 1.54) is 0 Å². The van der Waals surface area contributed by atoms with Gasteiger partial charge in [-0.05, 0) is 54.8 Å². The molecule has 0 atom stereocenters. The second kappa shape index (κ2) is 5.48. The molecule has 0 unspecified atom stereocenters. The molecule has 3 aromatic rings. The minimum absolute atomic E-state index is 0.420. The molecule has 4 heteroatoms. The van der Waals surface area contributed by atoms with Gasteiger partial charge >= 0.3 is 0 Å². The van der Waals surface area contributed by atoms with Crippen molar-refractivity contribution >= 4 is 5.91 Å². The van der Waals surface area contributed by atoms with Crippen LogP contribution in [-0.4, -0.2) is 15.7 Å².